The summed E-state index contributed by atoms with van der Waals surface area (Å²) in [5.41, 5.74) is 1.17. The number of sulfonamides is 1. The zero-order valence-corrected chi connectivity index (χ0v) is 11.5. The fraction of sp³-hybridized carbons (Fsp3) is 0.0833. The summed E-state index contributed by atoms with van der Waals surface area (Å²) in [4.78, 5) is 14.6. The van der Waals surface area contributed by atoms with Gasteiger partial charge < -0.3 is 4.98 Å². The molecule has 0 bridgehead atoms. The van der Waals surface area contributed by atoms with Crippen LogP contribution in [0.15, 0.2) is 40.3 Å². The first-order chi connectivity index (χ1) is 8.80. The summed E-state index contributed by atoms with van der Waals surface area (Å²) in [5.74, 6) is 0. The summed E-state index contributed by atoms with van der Waals surface area (Å²) in [5, 5.41) is 5.12. The third-order valence-corrected chi connectivity index (χ3v) is 3.92. The molecule has 0 spiro atoms. The van der Waals surface area contributed by atoms with Crippen LogP contribution in [-0.2, 0) is 10.0 Å². The highest BCUT2D eigenvalue weighted by atomic mass is 35.5. The number of halogens is 1. The number of aryl methyl sites for hydroxylation is 1. The van der Waals surface area contributed by atoms with Gasteiger partial charge in [-0.2, -0.15) is 0 Å². The molecule has 19 heavy (non-hydrogen) atoms. The predicted molar refractivity (Wildman–Crippen MR) is 73.6 cm³/mol. The number of pyridine rings is 1. The number of benzene rings is 1. The van der Waals surface area contributed by atoms with Crippen molar-refractivity contribution in [2.45, 2.75) is 11.8 Å². The van der Waals surface area contributed by atoms with E-state index in [1.54, 1.807) is 13.0 Å². The molecule has 0 aliphatic rings. The second-order valence-electron chi connectivity index (χ2n) is 4.07. The van der Waals surface area contributed by atoms with Crippen LogP contribution in [0, 0.1) is 6.92 Å². The molecule has 0 saturated heterocycles. The molecule has 0 fully saturated rings. The van der Waals surface area contributed by atoms with Gasteiger partial charge in [0, 0.05) is 18.0 Å². The number of rotatable bonds is 2. The van der Waals surface area contributed by atoms with E-state index in [1.807, 2.05) is 0 Å². The Morgan fingerprint density at radius 2 is 1.89 bits per heavy atom. The van der Waals surface area contributed by atoms with E-state index < -0.39 is 10.0 Å². The molecule has 7 heteroatoms. The summed E-state index contributed by atoms with van der Waals surface area (Å²) in [6, 6.07) is 4.36. The Hall–Kier alpha value is -1.63. The molecule has 2 rings (SSSR count). The van der Waals surface area contributed by atoms with Gasteiger partial charge in [0.2, 0.25) is 15.5 Å². The second kappa shape index (κ2) is 4.80. The van der Waals surface area contributed by atoms with Crippen LogP contribution in [0.2, 0.25) is 5.02 Å². The molecule has 0 amide bonds. The minimum atomic E-state index is -3.82. The largest absolute Gasteiger partial charge is 0.366 e. The van der Waals surface area contributed by atoms with Crippen molar-refractivity contribution >= 4 is 21.6 Å². The van der Waals surface area contributed by atoms with E-state index in [2.05, 4.69) is 4.98 Å². The topological polar surface area (TPSA) is 93.0 Å². The van der Waals surface area contributed by atoms with Gasteiger partial charge in [0.25, 0.3) is 0 Å². The van der Waals surface area contributed by atoms with Crippen LogP contribution in [0.4, 0.5) is 0 Å². The molecule has 1 aromatic carbocycles. The maximum atomic E-state index is 11.9. The maximum Gasteiger partial charge on any atom is 0.238 e. The molecule has 0 aliphatic carbocycles. The minimum Gasteiger partial charge on any atom is -0.366 e. The Balaban J connectivity index is 2.76. The van der Waals surface area contributed by atoms with Gasteiger partial charge in [-0.05, 0) is 30.2 Å². The summed E-state index contributed by atoms with van der Waals surface area (Å²) < 4.78 is 22.7. The summed E-state index contributed by atoms with van der Waals surface area (Å²) >= 11 is 5.76. The number of hydrogen-bond donors (Lipinski definition) is 2. The molecule has 1 heterocycles. The van der Waals surface area contributed by atoms with E-state index >= 15 is 0 Å². The smallest absolute Gasteiger partial charge is 0.238 e. The second-order valence-corrected chi connectivity index (χ2v) is 6.04. The number of hydrogen-bond acceptors (Lipinski definition) is 3. The molecule has 0 unspecified atom stereocenters. The fourth-order valence-corrected chi connectivity index (χ4v) is 2.43. The van der Waals surface area contributed by atoms with Crippen LogP contribution in [-0.4, -0.2) is 13.4 Å². The van der Waals surface area contributed by atoms with Gasteiger partial charge in [0.15, 0.2) is 0 Å². The molecular weight excluding hydrogens is 288 g/mol. The van der Waals surface area contributed by atoms with E-state index in [0.29, 0.717) is 11.1 Å². The highest BCUT2D eigenvalue weighted by Crippen LogP contribution is 2.23. The Labute approximate surface area is 115 Å². The van der Waals surface area contributed by atoms with Gasteiger partial charge in [0.05, 0.1) is 4.90 Å². The fourth-order valence-electron chi connectivity index (χ4n) is 1.73. The van der Waals surface area contributed by atoms with Crippen LogP contribution >= 0.6 is 11.6 Å². The monoisotopic (exact) mass is 298 g/mol. The van der Waals surface area contributed by atoms with Crippen LogP contribution in [0.1, 0.15) is 5.56 Å². The lowest BCUT2D eigenvalue weighted by Gasteiger charge is -2.07. The number of aromatic amines is 1. The molecule has 0 atom stereocenters. The highest BCUT2D eigenvalue weighted by Gasteiger charge is 2.13. The predicted octanol–water partition coefficient (Wildman–Crippen LogP) is 1.65. The van der Waals surface area contributed by atoms with Crippen LogP contribution < -0.4 is 10.6 Å². The molecule has 0 saturated carbocycles. The van der Waals surface area contributed by atoms with Crippen molar-refractivity contribution in [3.8, 4) is 11.1 Å². The molecular formula is C12H11ClN2O3S. The van der Waals surface area contributed by atoms with Gasteiger partial charge in [-0.15, -0.1) is 0 Å². The average molecular weight is 299 g/mol. The van der Waals surface area contributed by atoms with Crippen molar-refractivity contribution in [2.24, 2.45) is 5.14 Å². The summed E-state index contributed by atoms with van der Waals surface area (Å²) in [6.07, 6.45) is 2.84. The van der Waals surface area contributed by atoms with Crippen LogP contribution in [0.5, 0.6) is 0 Å². The first-order valence-corrected chi connectivity index (χ1v) is 7.23. The molecule has 0 aliphatic heterocycles. The van der Waals surface area contributed by atoms with Crippen molar-refractivity contribution in [3.05, 3.63) is 51.4 Å². The molecule has 100 valence electrons. The van der Waals surface area contributed by atoms with Crippen molar-refractivity contribution < 1.29 is 8.42 Å². The molecule has 0 radical (unpaired) electrons. The Morgan fingerprint density at radius 3 is 2.53 bits per heavy atom. The maximum absolute atomic E-state index is 11.9. The van der Waals surface area contributed by atoms with Crippen molar-refractivity contribution in [1.29, 1.82) is 0 Å². The highest BCUT2D eigenvalue weighted by molar-refractivity contribution is 7.89. The van der Waals surface area contributed by atoms with E-state index in [9.17, 15) is 13.2 Å². The SMILES string of the molecule is Cc1ccc(S(N)(=O)=O)cc1-c1c[nH]cc(Cl)c1=O. The van der Waals surface area contributed by atoms with Gasteiger partial charge >= 0.3 is 0 Å². The first-order valence-electron chi connectivity index (χ1n) is 5.31. The number of aromatic nitrogens is 1. The minimum absolute atomic E-state index is 0.0397. The quantitative estimate of drug-likeness (QED) is 0.883. The van der Waals surface area contributed by atoms with E-state index in [4.69, 9.17) is 16.7 Å². The Kier molecular flexibility index (Phi) is 3.49. The van der Waals surface area contributed by atoms with E-state index in [0.717, 1.165) is 5.56 Å². The Morgan fingerprint density at radius 1 is 1.21 bits per heavy atom. The van der Waals surface area contributed by atoms with Gasteiger partial charge in [-0.3, -0.25) is 4.79 Å². The summed E-state index contributed by atoms with van der Waals surface area (Å²) in [6.45, 7) is 1.77. The third-order valence-electron chi connectivity index (χ3n) is 2.73. The standard InChI is InChI=1S/C12H11ClN2O3S/c1-7-2-3-8(19(14,17)18)4-9(7)10-5-15-6-11(13)12(10)16/h2-6H,1H3,(H,15,16)(H2,14,17,18). The lowest BCUT2D eigenvalue weighted by Crippen LogP contribution is -2.13. The van der Waals surface area contributed by atoms with E-state index in [1.165, 1.54) is 24.5 Å². The van der Waals surface area contributed by atoms with Crippen LogP contribution in [0.25, 0.3) is 11.1 Å². The normalized spacial score (nSPS) is 11.5. The van der Waals surface area contributed by atoms with Crippen molar-refractivity contribution in [3.63, 3.8) is 0 Å². The number of nitrogens with two attached hydrogens (primary N) is 1. The number of nitrogens with one attached hydrogen (secondary N) is 1. The number of H-pyrrole nitrogens is 1. The first kappa shape index (κ1) is 13.8. The lowest BCUT2D eigenvalue weighted by atomic mass is 10.0. The van der Waals surface area contributed by atoms with Gasteiger partial charge in [0.1, 0.15) is 5.02 Å². The third kappa shape index (κ3) is 2.70. The molecule has 3 N–H and O–H groups in total. The number of primary sulfonamides is 1. The van der Waals surface area contributed by atoms with Gasteiger partial charge in [-0.1, -0.05) is 17.7 Å². The average Bonchev–Trinajstić information content (AvgIpc) is 2.32. The van der Waals surface area contributed by atoms with Gasteiger partial charge in [-0.25, -0.2) is 13.6 Å². The zero-order chi connectivity index (χ0) is 14.2. The lowest BCUT2D eigenvalue weighted by molar-refractivity contribution is 0.598. The molecule has 2 aromatic rings. The zero-order valence-electron chi connectivity index (χ0n) is 9.98. The summed E-state index contributed by atoms with van der Waals surface area (Å²) in [7, 11) is -3.82. The van der Waals surface area contributed by atoms with Crippen LogP contribution in [0.3, 0.4) is 0 Å². The molecule has 5 nitrogen and oxygen atoms in total. The Bertz CT molecular complexity index is 797. The van der Waals surface area contributed by atoms with E-state index in [-0.39, 0.29) is 15.3 Å². The van der Waals surface area contributed by atoms with Crippen molar-refractivity contribution in [2.75, 3.05) is 0 Å². The van der Waals surface area contributed by atoms with Crippen molar-refractivity contribution in [1.82, 2.24) is 4.98 Å². The molecule has 1 aromatic heterocycles.